The highest BCUT2D eigenvalue weighted by atomic mass is 16.4. The predicted molar refractivity (Wildman–Crippen MR) is 225 cm³/mol. The molecule has 0 radical (unpaired) electrons. The highest BCUT2D eigenvalue weighted by Crippen LogP contribution is 2.24. The number of ketones is 3. The van der Waals surface area contributed by atoms with E-state index in [0.717, 1.165) is 50.5 Å². The second kappa shape index (κ2) is 31.8. The summed E-state index contributed by atoms with van der Waals surface area (Å²) in [5, 5.41) is 30.7. The maximum absolute atomic E-state index is 13.4. The number of rotatable bonds is 38. The summed E-state index contributed by atoms with van der Waals surface area (Å²) >= 11 is 0. The third-order valence-corrected chi connectivity index (χ3v) is 10.8. The second-order valence-electron chi connectivity index (χ2n) is 16.7. The van der Waals surface area contributed by atoms with Gasteiger partial charge in [0.15, 0.2) is 0 Å². The first-order valence-electron chi connectivity index (χ1n) is 22.0. The number of primary amides is 1. The van der Waals surface area contributed by atoms with Gasteiger partial charge in [0.1, 0.15) is 23.1 Å². The van der Waals surface area contributed by atoms with Crippen molar-refractivity contribution in [3.05, 3.63) is 29.8 Å². The third kappa shape index (κ3) is 27.5. The monoisotopic (exact) mass is 815 g/mol. The maximum Gasteiger partial charge on any atom is 0.306 e. The highest BCUT2D eigenvalue weighted by Gasteiger charge is 2.27. The van der Waals surface area contributed by atoms with E-state index in [1.165, 1.54) is 57.1 Å². The first-order chi connectivity index (χ1) is 27.7. The molecule has 0 spiro atoms. The fourth-order valence-corrected chi connectivity index (χ4v) is 7.34. The molecule has 328 valence electrons. The largest absolute Gasteiger partial charge is 0.508 e. The Morgan fingerprint density at radius 3 is 1.59 bits per heavy atom. The van der Waals surface area contributed by atoms with Crippen LogP contribution in [0.15, 0.2) is 24.3 Å². The number of aliphatic carboxylic acids is 2. The van der Waals surface area contributed by atoms with E-state index in [1.807, 2.05) is 13.8 Å². The van der Waals surface area contributed by atoms with Crippen LogP contribution < -0.4 is 11.1 Å². The Hall–Kier alpha value is -4.09. The maximum atomic E-state index is 13.4. The molecule has 0 aliphatic carbocycles. The number of carbonyl (C=O) groups is 7. The van der Waals surface area contributed by atoms with Crippen LogP contribution in [0.2, 0.25) is 0 Å². The van der Waals surface area contributed by atoms with Gasteiger partial charge in [-0.3, -0.25) is 33.6 Å². The average Bonchev–Trinajstić information content (AvgIpc) is 3.15. The van der Waals surface area contributed by atoms with Gasteiger partial charge in [-0.25, -0.2) is 0 Å². The molecule has 0 heterocycles. The molecule has 3 atom stereocenters. The van der Waals surface area contributed by atoms with Gasteiger partial charge in [-0.2, -0.15) is 0 Å². The first-order valence-corrected chi connectivity index (χ1v) is 22.0. The average molecular weight is 815 g/mol. The minimum Gasteiger partial charge on any atom is -0.508 e. The van der Waals surface area contributed by atoms with Crippen molar-refractivity contribution in [2.75, 3.05) is 6.54 Å². The number of nitrogens with one attached hydrogen (secondary N) is 1. The number of Topliss-reactive ketones (excluding diaryl/α,β-unsaturated/α-hetero) is 3. The fourth-order valence-electron chi connectivity index (χ4n) is 7.34. The third-order valence-electron chi connectivity index (χ3n) is 10.8. The number of aromatic hydroxyl groups is 1. The molecule has 1 rings (SSSR count). The van der Waals surface area contributed by atoms with Gasteiger partial charge in [0.05, 0.1) is 5.92 Å². The molecular weight excluding hydrogens is 741 g/mol. The Labute approximate surface area is 346 Å². The van der Waals surface area contributed by atoms with E-state index < -0.39 is 35.6 Å². The molecule has 6 N–H and O–H groups in total. The standard InChI is InChI=1S/C46H74N2O10/c1-34(2)29-41(51)31-36(42(52)33-38(45(47)56)30-35-22-25-39(49)26-23-35)19-17-18-28-48-43(53)27-24-37(46(57)58)32-40(50)20-15-13-11-9-7-5-3-4-6-8-10-12-14-16-21-44(54)55/h22-23,25-26,34,36-38,49H,3-21,24,27-33H2,1-2H3,(H2,47,56)(H,48,53)(H,54,55)(H,57,58)/t36-,37-,38-/m1/s1. The zero-order valence-electron chi connectivity index (χ0n) is 35.5. The molecule has 0 unspecified atom stereocenters. The summed E-state index contributed by atoms with van der Waals surface area (Å²) in [6.07, 6.45) is 17.9. The number of hydrogen-bond donors (Lipinski definition) is 5. The normalized spacial score (nSPS) is 12.8. The van der Waals surface area contributed by atoms with Crippen LogP contribution in [-0.4, -0.2) is 63.0 Å². The summed E-state index contributed by atoms with van der Waals surface area (Å²) in [5.41, 5.74) is 6.40. The number of unbranched alkanes of at least 4 members (excludes halogenated alkanes) is 14. The van der Waals surface area contributed by atoms with Crippen LogP contribution in [-0.2, 0) is 40.0 Å². The highest BCUT2D eigenvalue weighted by molar-refractivity contribution is 5.91. The van der Waals surface area contributed by atoms with Gasteiger partial charge in [-0.05, 0) is 62.1 Å². The number of hydrogen-bond acceptors (Lipinski definition) is 8. The first kappa shape index (κ1) is 51.9. The number of nitrogens with two attached hydrogens (primary N) is 1. The zero-order chi connectivity index (χ0) is 43.1. The summed E-state index contributed by atoms with van der Waals surface area (Å²) in [4.78, 5) is 85.9. The van der Waals surface area contributed by atoms with E-state index >= 15 is 0 Å². The van der Waals surface area contributed by atoms with Crippen LogP contribution in [0.25, 0.3) is 0 Å². The SMILES string of the molecule is CC(C)CC(=O)C[C@@H](CCCCNC(=O)CC[C@H](CC(=O)CCCCCCCCCCCCCCCCC(=O)O)C(=O)O)C(=O)C[C@@H](Cc1ccc(O)cc1)C(N)=O. The Balaban J connectivity index is 2.32. The van der Waals surface area contributed by atoms with E-state index in [-0.39, 0.29) is 79.9 Å². The lowest BCUT2D eigenvalue weighted by molar-refractivity contribution is -0.144. The second-order valence-corrected chi connectivity index (χ2v) is 16.7. The van der Waals surface area contributed by atoms with Crippen LogP contribution >= 0.6 is 0 Å². The molecule has 0 saturated carbocycles. The molecule has 0 saturated heterocycles. The van der Waals surface area contributed by atoms with Gasteiger partial charge >= 0.3 is 11.9 Å². The van der Waals surface area contributed by atoms with Crippen LogP contribution in [0.5, 0.6) is 5.75 Å². The van der Waals surface area contributed by atoms with E-state index in [2.05, 4.69) is 5.32 Å². The smallest absolute Gasteiger partial charge is 0.306 e. The number of amides is 2. The molecule has 1 aromatic rings. The lowest BCUT2D eigenvalue weighted by Crippen LogP contribution is -2.30. The number of carbonyl (C=O) groups excluding carboxylic acids is 5. The van der Waals surface area contributed by atoms with Crippen molar-refractivity contribution < 1.29 is 48.9 Å². The number of benzene rings is 1. The van der Waals surface area contributed by atoms with Crippen LogP contribution in [0, 0.1) is 23.7 Å². The van der Waals surface area contributed by atoms with Crippen molar-refractivity contribution >= 4 is 41.1 Å². The summed E-state index contributed by atoms with van der Waals surface area (Å²) in [7, 11) is 0. The van der Waals surface area contributed by atoms with Crippen molar-refractivity contribution in [1.82, 2.24) is 5.32 Å². The Morgan fingerprint density at radius 1 is 0.569 bits per heavy atom. The van der Waals surface area contributed by atoms with Gasteiger partial charge in [-0.15, -0.1) is 0 Å². The fraction of sp³-hybridized carbons (Fsp3) is 0.717. The quantitative estimate of drug-likeness (QED) is 0.0400. The molecule has 58 heavy (non-hydrogen) atoms. The molecule has 0 bridgehead atoms. The molecular formula is C46H74N2O10. The van der Waals surface area contributed by atoms with Gasteiger partial charge < -0.3 is 26.4 Å². The topological polar surface area (TPSA) is 218 Å². The van der Waals surface area contributed by atoms with Crippen molar-refractivity contribution in [1.29, 1.82) is 0 Å². The summed E-state index contributed by atoms with van der Waals surface area (Å²) in [6.45, 7) is 4.19. The minimum atomic E-state index is -1.08. The molecule has 12 nitrogen and oxygen atoms in total. The van der Waals surface area contributed by atoms with E-state index in [1.54, 1.807) is 12.1 Å². The molecule has 1 aromatic carbocycles. The van der Waals surface area contributed by atoms with Crippen LogP contribution in [0.1, 0.15) is 180 Å². The van der Waals surface area contributed by atoms with Crippen molar-refractivity contribution in [2.45, 2.75) is 181 Å². The lowest BCUT2D eigenvalue weighted by Gasteiger charge is -2.19. The Bertz CT molecular complexity index is 1380. The van der Waals surface area contributed by atoms with Crippen molar-refractivity contribution in [3.63, 3.8) is 0 Å². The van der Waals surface area contributed by atoms with Gasteiger partial charge in [-0.1, -0.05) is 109 Å². The van der Waals surface area contributed by atoms with Crippen LogP contribution in [0.3, 0.4) is 0 Å². The number of phenols is 1. The Morgan fingerprint density at radius 2 is 1.09 bits per heavy atom. The van der Waals surface area contributed by atoms with E-state index in [0.29, 0.717) is 38.6 Å². The molecule has 12 heteroatoms. The number of carboxylic acid groups (broad SMARTS) is 2. The van der Waals surface area contributed by atoms with E-state index in [4.69, 9.17) is 10.8 Å². The molecule has 0 aromatic heterocycles. The molecule has 0 fully saturated rings. The van der Waals surface area contributed by atoms with Crippen LogP contribution in [0.4, 0.5) is 0 Å². The minimum absolute atomic E-state index is 0.0147. The van der Waals surface area contributed by atoms with Crippen molar-refractivity contribution in [3.8, 4) is 5.75 Å². The van der Waals surface area contributed by atoms with E-state index in [9.17, 15) is 43.8 Å². The summed E-state index contributed by atoms with van der Waals surface area (Å²) < 4.78 is 0. The molecule has 0 aliphatic rings. The van der Waals surface area contributed by atoms with Gasteiger partial charge in [0.2, 0.25) is 11.8 Å². The lowest BCUT2D eigenvalue weighted by atomic mass is 9.84. The number of carboxylic acids is 2. The van der Waals surface area contributed by atoms with Gasteiger partial charge in [0.25, 0.3) is 0 Å². The molecule has 2 amide bonds. The molecule has 0 aliphatic heterocycles. The zero-order valence-corrected chi connectivity index (χ0v) is 35.5. The predicted octanol–water partition coefficient (Wildman–Crippen LogP) is 8.67. The Kier molecular flexibility index (Phi) is 28.5. The number of phenolic OH excluding ortho intramolecular Hbond substituents is 1. The summed E-state index contributed by atoms with van der Waals surface area (Å²) in [6, 6.07) is 6.35. The van der Waals surface area contributed by atoms with Crippen molar-refractivity contribution in [2.24, 2.45) is 29.4 Å². The summed E-state index contributed by atoms with van der Waals surface area (Å²) in [5.74, 6) is -5.03. The van der Waals surface area contributed by atoms with Gasteiger partial charge in [0, 0.05) is 63.3 Å².